The number of amides is 3. The predicted molar refractivity (Wildman–Crippen MR) is 79.4 cm³/mol. The summed E-state index contributed by atoms with van der Waals surface area (Å²) < 4.78 is 0. The fourth-order valence-corrected chi connectivity index (χ4v) is 3.45. The molecule has 6 heteroatoms. The molecule has 0 radical (unpaired) electrons. The highest BCUT2D eigenvalue weighted by Crippen LogP contribution is 2.50. The highest BCUT2D eigenvalue weighted by Gasteiger charge is 2.54. The molecule has 0 unspecified atom stereocenters. The van der Waals surface area contributed by atoms with Crippen LogP contribution < -0.4 is 10.6 Å². The molecule has 1 heterocycles. The van der Waals surface area contributed by atoms with Crippen molar-refractivity contribution >= 4 is 35.1 Å². The van der Waals surface area contributed by atoms with E-state index in [1.54, 1.807) is 24.3 Å². The van der Waals surface area contributed by atoms with Crippen LogP contribution in [-0.2, 0) is 10.3 Å². The number of benzene rings is 2. The van der Waals surface area contributed by atoms with E-state index in [-0.39, 0.29) is 0 Å². The lowest BCUT2D eigenvalue weighted by Gasteiger charge is -2.23. The molecule has 1 spiro atoms. The third-order valence-corrected chi connectivity index (χ3v) is 4.40. The maximum absolute atomic E-state index is 12.5. The Hall–Kier alpha value is -2.04. The molecule has 2 aromatic rings. The van der Waals surface area contributed by atoms with Gasteiger partial charge in [-0.15, -0.1) is 0 Å². The number of nitrogens with one attached hydrogen (secondary N) is 2. The number of hydrogen-bond acceptors (Lipinski definition) is 2. The predicted octanol–water partition coefficient (Wildman–Crippen LogP) is 3.06. The Bertz CT molecular complexity index is 781. The fourth-order valence-electron chi connectivity index (χ4n) is 3.10. The molecule has 104 valence electrons. The maximum Gasteiger partial charge on any atom is 0.322 e. The fraction of sp³-hybridized carbons (Fsp3) is 0.0667. The Morgan fingerprint density at radius 2 is 1.38 bits per heavy atom. The molecule has 0 saturated carbocycles. The first-order chi connectivity index (χ1) is 10.0. The molecular weight excluding hydrogens is 311 g/mol. The summed E-state index contributed by atoms with van der Waals surface area (Å²) in [5, 5.41) is 6.03. The van der Waals surface area contributed by atoms with Crippen molar-refractivity contribution in [1.29, 1.82) is 0 Å². The summed E-state index contributed by atoms with van der Waals surface area (Å²) in [5.41, 5.74) is 1.80. The number of carbonyl (C=O) groups is 2. The minimum Gasteiger partial charge on any atom is -0.316 e. The van der Waals surface area contributed by atoms with Crippen molar-refractivity contribution in [2.75, 3.05) is 0 Å². The van der Waals surface area contributed by atoms with Gasteiger partial charge in [0.25, 0.3) is 5.91 Å². The molecular formula is C15H8Cl2N2O2. The zero-order chi connectivity index (χ0) is 14.8. The Labute approximate surface area is 130 Å². The van der Waals surface area contributed by atoms with Crippen molar-refractivity contribution < 1.29 is 9.59 Å². The highest BCUT2D eigenvalue weighted by molar-refractivity contribution is 6.31. The lowest BCUT2D eigenvalue weighted by atomic mass is 9.88. The number of fused-ring (bicyclic) bond motifs is 5. The van der Waals surface area contributed by atoms with Crippen molar-refractivity contribution in [2.24, 2.45) is 0 Å². The van der Waals surface area contributed by atoms with E-state index in [0.29, 0.717) is 21.2 Å². The van der Waals surface area contributed by atoms with Crippen LogP contribution in [0.4, 0.5) is 4.79 Å². The third-order valence-electron chi connectivity index (χ3n) is 3.93. The van der Waals surface area contributed by atoms with E-state index in [2.05, 4.69) is 10.6 Å². The number of urea groups is 1. The summed E-state index contributed by atoms with van der Waals surface area (Å²) in [4.78, 5) is 24.2. The first-order valence-corrected chi connectivity index (χ1v) is 7.02. The van der Waals surface area contributed by atoms with Crippen LogP contribution in [0.15, 0.2) is 36.4 Å². The van der Waals surface area contributed by atoms with E-state index in [1.165, 1.54) is 0 Å². The van der Waals surface area contributed by atoms with Gasteiger partial charge < -0.3 is 5.32 Å². The van der Waals surface area contributed by atoms with E-state index in [1.807, 2.05) is 12.1 Å². The Kier molecular flexibility index (Phi) is 2.41. The van der Waals surface area contributed by atoms with Crippen molar-refractivity contribution in [3.8, 4) is 11.1 Å². The van der Waals surface area contributed by atoms with Crippen molar-refractivity contribution in [2.45, 2.75) is 5.54 Å². The molecule has 0 atom stereocenters. The van der Waals surface area contributed by atoms with Crippen molar-refractivity contribution in [1.82, 2.24) is 10.6 Å². The summed E-state index contributed by atoms with van der Waals surface area (Å²) in [6.45, 7) is 0. The van der Waals surface area contributed by atoms with Crippen LogP contribution in [0.1, 0.15) is 11.1 Å². The molecule has 0 bridgehead atoms. The second-order valence-electron chi connectivity index (χ2n) is 5.04. The molecule has 4 rings (SSSR count). The van der Waals surface area contributed by atoms with Crippen LogP contribution in [0.2, 0.25) is 10.0 Å². The van der Waals surface area contributed by atoms with Gasteiger partial charge in [0.2, 0.25) is 0 Å². The first kappa shape index (κ1) is 12.7. The largest absolute Gasteiger partial charge is 0.322 e. The van der Waals surface area contributed by atoms with Gasteiger partial charge >= 0.3 is 6.03 Å². The van der Waals surface area contributed by atoms with Crippen LogP contribution in [-0.4, -0.2) is 11.9 Å². The molecule has 1 fully saturated rings. The SMILES string of the molecule is O=C1NC(=O)C2(N1)c1cc(Cl)ccc1-c1ccc(Cl)cc12. The zero-order valence-corrected chi connectivity index (χ0v) is 12.0. The second kappa shape index (κ2) is 4.00. The quantitative estimate of drug-likeness (QED) is 0.733. The maximum atomic E-state index is 12.5. The third kappa shape index (κ3) is 1.51. The number of halogens is 2. The molecule has 2 aliphatic rings. The van der Waals surface area contributed by atoms with E-state index in [4.69, 9.17) is 23.2 Å². The van der Waals surface area contributed by atoms with Gasteiger partial charge in [-0.3, -0.25) is 10.1 Å². The lowest BCUT2D eigenvalue weighted by Crippen LogP contribution is -2.43. The van der Waals surface area contributed by atoms with E-state index >= 15 is 0 Å². The molecule has 21 heavy (non-hydrogen) atoms. The number of imide groups is 1. The first-order valence-electron chi connectivity index (χ1n) is 6.26. The van der Waals surface area contributed by atoms with Gasteiger partial charge in [0.05, 0.1) is 0 Å². The van der Waals surface area contributed by atoms with Crippen molar-refractivity contribution in [3.63, 3.8) is 0 Å². The Morgan fingerprint density at radius 3 is 1.81 bits per heavy atom. The zero-order valence-electron chi connectivity index (χ0n) is 10.5. The lowest BCUT2D eigenvalue weighted by molar-refractivity contribution is -0.122. The van der Waals surface area contributed by atoms with Crippen LogP contribution >= 0.6 is 23.2 Å². The molecule has 3 amide bonds. The summed E-state index contributed by atoms with van der Waals surface area (Å²) in [6, 6.07) is 10.1. The minimum absolute atomic E-state index is 0.419. The van der Waals surface area contributed by atoms with E-state index < -0.39 is 17.5 Å². The molecule has 4 nitrogen and oxygen atoms in total. The van der Waals surface area contributed by atoms with Gasteiger partial charge in [-0.2, -0.15) is 0 Å². The molecule has 0 aromatic heterocycles. The highest BCUT2D eigenvalue weighted by atomic mass is 35.5. The number of rotatable bonds is 0. The average Bonchev–Trinajstić information content (AvgIpc) is 2.87. The Morgan fingerprint density at radius 1 is 0.857 bits per heavy atom. The monoisotopic (exact) mass is 318 g/mol. The van der Waals surface area contributed by atoms with Crippen LogP contribution in [0.3, 0.4) is 0 Å². The van der Waals surface area contributed by atoms with Gasteiger partial charge in [-0.1, -0.05) is 35.3 Å². The van der Waals surface area contributed by atoms with Crippen molar-refractivity contribution in [3.05, 3.63) is 57.6 Å². The van der Waals surface area contributed by atoms with E-state index in [0.717, 1.165) is 11.1 Å². The van der Waals surface area contributed by atoms with Crippen LogP contribution in [0.25, 0.3) is 11.1 Å². The molecule has 2 aromatic carbocycles. The summed E-state index contributed by atoms with van der Waals surface area (Å²) >= 11 is 12.1. The van der Waals surface area contributed by atoms with Gasteiger partial charge in [-0.25, -0.2) is 4.79 Å². The molecule has 1 aliphatic carbocycles. The van der Waals surface area contributed by atoms with Crippen LogP contribution in [0.5, 0.6) is 0 Å². The summed E-state index contributed by atoms with van der Waals surface area (Å²) in [7, 11) is 0. The number of hydrogen-bond donors (Lipinski definition) is 2. The summed E-state index contributed by atoms with van der Waals surface area (Å²) in [5.74, 6) is -0.419. The standard InChI is InChI=1S/C15H8Cl2N2O2/c16-7-1-3-9-10-4-2-8(17)6-12(10)15(11(9)5-7)13(20)18-14(21)19-15/h1-6H,(H2,18,19,20,21). The summed E-state index contributed by atoms with van der Waals surface area (Å²) in [6.07, 6.45) is 0. The van der Waals surface area contributed by atoms with Gasteiger partial charge in [-0.05, 0) is 35.4 Å². The number of carbonyl (C=O) groups excluding carboxylic acids is 2. The van der Waals surface area contributed by atoms with Gasteiger partial charge in [0.1, 0.15) is 0 Å². The smallest absolute Gasteiger partial charge is 0.316 e. The van der Waals surface area contributed by atoms with Gasteiger partial charge in [0, 0.05) is 21.2 Å². The minimum atomic E-state index is -1.25. The van der Waals surface area contributed by atoms with E-state index in [9.17, 15) is 9.59 Å². The Balaban J connectivity index is 2.12. The molecule has 1 aliphatic heterocycles. The topological polar surface area (TPSA) is 58.2 Å². The molecule has 2 N–H and O–H groups in total. The second-order valence-corrected chi connectivity index (χ2v) is 5.91. The average molecular weight is 319 g/mol. The molecule has 1 saturated heterocycles. The van der Waals surface area contributed by atoms with Gasteiger partial charge in [0.15, 0.2) is 5.54 Å². The normalized spacial score (nSPS) is 17.4. The van der Waals surface area contributed by atoms with Crippen LogP contribution in [0, 0.1) is 0 Å².